The summed E-state index contributed by atoms with van der Waals surface area (Å²) in [6, 6.07) is 11.5. The molecule has 3 aromatic rings. The van der Waals surface area contributed by atoms with Crippen molar-refractivity contribution in [2.24, 2.45) is 0 Å². The van der Waals surface area contributed by atoms with Gasteiger partial charge in [-0.25, -0.2) is 0 Å². The van der Waals surface area contributed by atoms with Crippen LogP contribution in [-0.4, -0.2) is 34.7 Å². The van der Waals surface area contributed by atoms with Gasteiger partial charge < -0.3 is 10.1 Å². The smallest absolute Gasteiger partial charge is 0.261 e. The molecule has 1 fully saturated rings. The van der Waals surface area contributed by atoms with E-state index in [0.717, 1.165) is 28.6 Å². The third kappa shape index (κ3) is 4.71. The second kappa shape index (κ2) is 8.16. The van der Waals surface area contributed by atoms with E-state index in [9.17, 15) is 9.59 Å². The zero-order valence-corrected chi connectivity index (χ0v) is 17.1. The molecule has 0 saturated heterocycles. The second-order valence-electron chi connectivity index (χ2n) is 7.38. The van der Waals surface area contributed by atoms with Crippen molar-refractivity contribution in [3.8, 4) is 5.75 Å². The lowest BCUT2D eigenvalue weighted by Crippen LogP contribution is -2.30. The fourth-order valence-electron chi connectivity index (χ4n) is 2.84. The van der Waals surface area contributed by atoms with Crippen LogP contribution in [0.2, 0.25) is 0 Å². The van der Waals surface area contributed by atoms with Crippen molar-refractivity contribution < 1.29 is 14.3 Å². The van der Waals surface area contributed by atoms with Gasteiger partial charge in [-0.05, 0) is 35.7 Å². The molecule has 0 atom stereocenters. The monoisotopic (exact) mass is 410 g/mol. The fraction of sp³-hybridized carbons (Fsp3) is 0.333. The van der Waals surface area contributed by atoms with Crippen LogP contribution in [0.5, 0.6) is 5.75 Å². The first-order valence-corrected chi connectivity index (χ1v) is 10.4. The summed E-state index contributed by atoms with van der Waals surface area (Å²) in [6.07, 6.45) is 2.02. The van der Waals surface area contributed by atoms with Gasteiger partial charge >= 0.3 is 0 Å². The third-order valence-electron chi connectivity index (χ3n) is 4.55. The Kier molecular flexibility index (Phi) is 5.44. The van der Waals surface area contributed by atoms with Crippen molar-refractivity contribution >= 4 is 39.1 Å². The number of rotatable bonds is 7. The molecule has 0 unspecified atom stereocenters. The number of fused-ring (bicyclic) bond motifs is 1. The Balaban J connectivity index is 1.57. The van der Waals surface area contributed by atoms with Gasteiger partial charge in [0, 0.05) is 12.0 Å². The number of hydrogen-bond acceptors (Lipinski definition) is 6. The van der Waals surface area contributed by atoms with Crippen molar-refractivity contribution in [3.05, 3.63) is 47.0 Å². The Hall–Kier alpha value is -3.00. The van der Waals surface area contributed by atoms with Gasteiger partial charge in [-0.2, -0.15) is 0 Å². The van der Waals surface area contributed by atoms with Crippen LogP contribution < -0.4 is 15.4 Å². The lowest BCUT2D eigenvalue weighted by molar-refractivity contribution is -0.123. The van der Waals surface area contributed by atoms with Gasteiger partial charge in [-0.15, -0.1) is 10.2 Å². The molecule has 2 amide bonds. The van der Waals surface area contributed by atoms with Crippen LogP contribution in [0, 0.1) is 0 Å². The highest BCUT2D eigenvalue weighted by Crippen LogP contribution is 2.28. The van der Waals surface area contributed by atoms with Crippen LogP contribution in [0.4, 0.5) is 5.13 Å². The number of nitrogens with one attached hydrogen (secondary N) is 2. The summed E-state index contributed by atoms with van der Waals surface area (Å²) in [5, 5.41) is 16.9. The molecule has 1 saturated carbocycles. The second-order valence-corrected chi connectivity index (χ2v) is 8.39. The van der Waals surface area contributed by atoms with Crippen LogP contribution in [0.25, 0.3) is 10.8 Å². The number of benzene rings is 2. The number of anilines is 1. The molecular weight excluding hydrogens is 388 g/mol. The van der Waals surface area contributed by atoms with E-state index in [2.05, 4.69) is 20.8 Å². The minimum absolute atomic E-state index is 0.134. The Morgan fingerprint density at radius 2 is 1.90 bits per heavy atom. The van der Waals surface area contributed by atoms with Gasteiger partial charge in [0.05, 0.1) is 5.56 Å². The minimum atomic E-state index is -0.347. The average Bonchev–Trinajstić information content (AvgIpc) is 3.39. The number of nitrogens with zero attached hydrogens (tertiary/aromatic N) is 2. The third-order valence-corrected chi connectivity index (χ3v) is 5.69. The van der Waals surface area contributed by atoms with Crippen LogP contribution in [0.15, 0.2) is 36.4 Å². The van der Waals surface area contributed by atoms with Crippen molar-refractivity contribution in [3.63, 3.8) is 0 Å². The van der Waals surface area contributed by atoms with E-state index in [1.165, 1.54) is 11.3 Å². The highest BCUT2D eigenvalue weighted by Gasteiger charge is 2.24. The molecule has 1 aliphatic carbocycles. The van der Waals surface area contributed by atoms with Gasteiger partial charge in [-0.3, -0.25) is 14.9 Å². The molecule has 1 heterocycles. The number of hydrogen-bond donors (Lipinski definition) is 2. The predicted molar refractivity (Wildman–Crippen MR) is 113 cm³/mol. The Bertz CT molecular complexity index is 1060. The SMILES string of the molecule is CC(C)c1nnc(NC(=O)c2cc3ccccc3cc2OCC(=O)NC2CC2)s1. The first-order chi connectivity index (χ1) is 14.0. The Labute approximate surface area is 172 Å². The van der Waals surface area contributed by atoms with E-state index in [4.69, 9.17) is 4.74 Å². The minimum Gasteiger partial charge on any atom is -0.483 e. The quantitative estimate of drug-likeness (QED) is 0.619. The first kappa shape index (κ1) is 19.3. The highest BCUT2D eigenvalue weighted by atomic mass is 32.1. The molecule has 4 rings (SSSR count). The summed E-state index contributed by atoms with van der Waals surface area (Å²) in [5.41, 5.74) is 0.351. The highest BCUT2D eigenvalue weighted by molar-refractivity contribution is 7.15. The normalized spacial score (nSPS) is 13.5. The number of aromatic nitrogens is 2. The number of amides is 2. The molecule has 1 aromatic heterocycles. The molecule has 0 spiro atoms. The fourth-order valence-corrected chi connectivity index (χ4v) is 3.58. The van der Waals surface area contributed by atoms with Gasteiger partial charge in [0.2, 0.25) is 5.13 Å². The van der Waals surface area contributed by atoms with Crippen molar-refractivity contribution in [1.29, 1.82) is 0 Å². The van der Waals surface area contributed by atoms with Gasteiger partial charge in [-0.1, -0.05) is 49.4 Å². The Morgan fingerprint density at radius 3 is 2.55 bits per heavy atom. The van der Waals surface area contributed by atoms with E-state index < -0.39 is 0 Å². The lowest BCUT2D eigenvalue weighted by Gasteiger charge is -2.12. The number of ether oxygens (including phenoxy) is 1. The summed E-state index contributed by atoms with van der Waals surface area (Å²) < 4.78 is 5.73. The van der Waals surface area contributed by atoms with Crippen LogP contribution in [0.3, 0.4) is 0 Å². The van der Waals surface area contributed by atoms with Crippen LogP contribution >= 0.6 is 11.3 Å². The largest absolute Gasteiger partial charge is 0.483 e. The molecule has 29 heavy (non-hydrogen) atoms. The topological polar surface area (TPSA) is 93.2 Å². The summed E-state index contributed by atoms with van der Waals surface area (Å²) in [5.74, 6) is 0.0703. The van der Waals surface area contributed by atoms with Gasteiger partial charge in [0.25, 0.3) is 11.8 Å². The predicted octanol–water partition coefficient (Wildman–Crippen LogP) is 3.72. The molecule has 7 nitrogen and oxygen atoms in total. The molecular formula is C21H22N4O3S. The molecule has 0 bridgehead atoms. The molecule has 2 N–H and O–H groups in total. The molecule has 2 aromatic carbocycles. The summed E-state index contributed by atoms with van der Waals surface area (Å²) in [4.78, 5) is 25.0. The van der Waals surface area contributed by atoms with E-state index in [0.29, 0.717) is 16.4 Å². The van der Waals surface area contributed by atoms with Crippen LogP contribution in [-0.2, 0) is 4.79 Å². The average molecular weight is 410 g/mol. The molecule has 8 heteroatoms. The first-order valence-electron chi connectivity index (χ1n) is 9.59. The van der Waals surface area contributed by atoms with Gasteiger partial charge in [0.1, 0.15) is 10.8 Å². The summed E-state index contributed by atoms with van der Waals surface area (Å²) >= 11 is 1.35. The maximum absolute atomic E-state index is 12.9. The Morgan fingerprint density at radius 1 is 1.17 bits per heavy atom. The molecule has 1 aliphatic rings. The van der Waals surface area contributed by atoms with E-state index >= 15 is 0 Å². The maximum Gasteiger partial charge on any atom is 0.261 e. The summed E-state index contributed by atoms with van der Waals surface area (Å²) in [6.45, 7) is 3.91. The van der Waals surface area contributed by atoms with E-state index in [1.807, 2.05) is 38.1 Å². The van der Waals surface area contributed by atoms with Gasteiger partial charge in [0.15, 0.2) is 6.61 Å². The van der Waals surface area contributed by atoms with Crippen molar-refractivity contribution in [2.45, 2.75) is 38.6 Å². The summed E-state index contributed by atoms with van der Waals surface area (Å²) in [7, 11) is 0. The van der Waals surface area contributed by atoms with Crippen molar-refractivity contribution in [2.75, 3.05) is 11.9 Å². The number of carbonyl (C=O) groups excluding carboxylic acids is 2. The molecule has 0 aliphatic heterocycles. The number of carbonyl (C=O) groups is 2. The van der Waals surface area contributed by atoms with Crippen molar-refractivity contribution in [1.82, 2.24) is 15.5 Å². The zero-order chi connectivity index (χ0) is 20.4. The standard InChI is InChI=1S/C21H22N4O3S/c1-12(2)20-24-25-21(29-20)23-19(27)16-9-13-5-3-4-6-14(13)10-17(16)28-11-18(26)22-15-7-8-15/h3-6,9-10,12,15H,7-8,11H2,1-2H3,(H,22,26)(H,23,25,27). The lowest BCUT2D eigenvalue weighted by atomic mass is 10.1. The van der Waals surface area contributed by atoms with E-state index in [-0.39, 0.29) is 30.4 Å². The molecule has 150 valence electrons. The molecule has 0 radical (unpaired) electrons. The van der Waals surface area contributed by atoms with Crippen LogP contribution in [0.1, 0.15) is 48.0 Å². The maximum atomic E-state index is 12.9. The zero-order valence-electron chi connectivity index (χ0n) is 16.3. The van der Waals surface area contributed by atoms with E-state index in [1.54, 1.807) is 12.1 Å².